The number of halogens is 1. The second kappa shape index (κ2) is 29.0. The van der Waals surface area contributed by atoms with Gasteiger partial charge in [-0.1, -0.05) is 168 Å². The number of H-pyrrole nitrogens is 1. The highest BCUT2D eigenvalue weighted by Crippen LogP contribution is 2.31. The molecule has 0 radical (unpaired) electrons. The molecular formula is C41H71FN2O7. The molecule has 1 N–H and O–H groups in total. The maximum atomic E-state index is 14.0. The van der Waals surface area contributed by atoms with E-state index in [1.807, 2.05) is 4.98 Å². The molecule has 0 bridgehead atoms. The van der Waals surface area contributed by atoms with Crippen LogP contribution in [-0.2, 0) is 23.8 Å². The zero-order valence-corrected chi connectivity index (χ0v) is 32.2. The van der Waals surface area contributed by atoms with Crippen LogP contribution in [0.5, 0.6) is 0 Å². The van der Waals surface area contributed by atoms with E-state index in [-0.39, 0.29) is 31.4 Å². The molecule has 1 aliphatic heterocycles. The second-order valence-corrected chi connectivity index (χ2v) is 14.7. The van der Waals surface area contributed by atoms with Crippen LogP contribution < -0.4 is 11.2 Å². The summed E-state index contributed by atoms with van der Waals surface area (Å²) in [6.07, 6.45) is 30.4. The lowest BCUT2D eigenvalue weighted by atomic mass is 10.0. The van der Waals surface area contributed by atoms with Crippen molar-refractivity contribution in [3.05, 3.63) is 32.9 Å². The van der Waals surface area contributed by atoms with Crippen LogP contribution in [0.4, 0.5) is 4.39 Å². The van der Waals surface area contributed by atoms with E-state index in [1.54, 1.807) is 0 Å². The Labute approximate surface area is 307 Å². The first-order chi connectivity index (χ1) is 24.8. The number of hydrogen-bond acceptors (Lipinski definition) is 7. The minimum atomic E-state index is -1.12. The maximum Gasteiger partial charge on any atom is 0.330 e. The zero-order valence-electron chi connectivity index (χ0n) is 32.2. The van der Waals surface area contributed by atoms with Gasteiger partial charge in [-0.25, -0.2) is 4.79 Å². The smallest absolute Gasteiger partial charge is 0.330 e. The molecule has 1 aromatic rings. The molecule has 2 rings (SSSR count). The van der Waals surface area contributed by atoms with Gasteiger partial charge in [0.25, 0.3) is 5.56 Å². The third-order valence-corrected chi connectivity index (χ3v) is 10.1. The predicted molar refractivity (Wildman–Crippen MR) is 201 cm³/mol. The molecule has 0 aromatic carbocycles. The minimum Gasteiger partial charge on any atom is -0.463 e. The Bertz CT molecular complexity index is 1170. The van der Waals surface area contributed by atoms with Crippen LogP contribution in [0.3, 0.4) is 0 Å². The molecule has 0 aliphatic carbocycles. The van der Waals surface area contributed by atoms with Gasteiger partial charge in [0.05, 0.1) is 6.20 Å². The van der Waals surface area contributed by atoms with Crippen LogP contribution in [0, 0.1) is 5.82 Å². The molecule has 0 spiro atoms. The third-order valence-electron chi connectivity index (χ3n) is 10.1. The summed E-state index contributed by atoms with van der Waals surface area (Å²) < 4.78 is 32.2. The van der Waals surface area contributed by atoms with Crippen LogP contribution in [0.2, 0.25) is 0 Å². The maximum absolute atomic E-state index is 14.0. The third kappa shape index (κ3) is 21.0. The lowest BCUT2D eigenvalue weighted by molar-refractivity contribution is -0.158. The summed E-state index contributed by atoms with van der Waals surface area (Å²) in [4.78, 5) is 51.2. The van der Waals surface area contributed by atoms with Crippen LogP contribution in [0.15, 0.2) is 15.8 Å². The number of hydrogen-bond donors (Lipinski definition) is 1. The summed E-state index contributed by atoms with van der Waals surface area (Å²) >= 11 is 0. The molecule has 0 unspecified atom stereocenters. The quantitative estimate of drug-likeness (QED) is 0.0581. The van der Waals surface area contributed by atoms with Gasteiger partial charge in [-0.2, -0.15) is 4.39 Å². The molecule has 1 aliphatic rings. The van der Waals surface area contributed by atoms with Gasteiger partial charge >= 0.3 is 17.6 Å². The summed E-state index contributed by atoms with van der Waals surface area (Å²) in [5, 5.41) is 0. The normalized spacial score (nSPS) is 17.2. The fourth-order valence-corrected chi connectivity index (χ4v) is 6.87. The number of carbonyl (C=O) groups excluding carboxylic acids is 2. The van der Waals surface area contributed by atoms with Crippen molar-refractivity contribution in [2.24, 2.45) is 0 Å². The number of carbonyl (C=O) groups is 2. The standard InChI is InChI=1S/C41H71FN2O7/c1-3-5-7-9-11-13-15-17-19-21-23-25-27-29-38(45)49-33-36-35(31-37(50-36)44-32-34(42)40(47)43-41(44)48)51-39(46)30-28-26-24-22-20-18-16-14-12-10-8-6-4-2/h32,35-37H,3-31,33H2,1-2H3,(H,43,47,48)/t35-,36+,37+/m0/s1. The fourth-order valence-electron chi connectivity index (χ4n) is 6.87. The van der Waals surface area contributed by atoms with E-state index in [2.05, 4.69) is 13.8 Å². The van der Waals surface area contributed by atoms with E-state index < -0.39 is 35.5 Å². The molecule has 294 valence electrons. The Kier molecular flexibility index (Phi) is 25.4. The van der Waals surface area contributed by atoms with E-state index in [4.69, 9.17) is 14.2 Å². The monoisotopic (exact) mass is 723 g/mol. The van der Waals surface area contributed by atoms with Crippen molar-refractivity contribution in [1.29, 1.82) is 0 Å². The number of esters is 2. The van der Waals surface area contributed by atoms with Gasteiger partial charge in [0.1, 0.15) is 25.0 Å². The summed E-state index contributed by atoms with van der Waals surface area (Å²) in [7, 11) is 0. The number of aromatic nitrogens is 2. The molecule has 3 atom stereocenters. The van der Waals surface area contributed by atoms with Crippen LogP contribution in [0.1, 0.15) is 206 Å². The van der Waals surface area contributed by atoms with Gasteiger partial charge in [-0.05, 0) is 12.8 Å². The van der Waals surface area contributed by atoms with Crippen LogP contribution in [-0.4, -0.2) is 40.3 Å². The number of nitrogens with one attached hydrogen (secondary N) is 1. The van der Waals surface area contributed by atoms with Gasteiger partial charge in [0.2, 0.25) is 5.82 Å². The average molecular weight is 723 g/mol. The zero-order chi connectivity index (χ0) is 36.9. The van der Waals surface area contributed by atoms with Crippen molar-refractivity contribution < 1.29 is 28.2 Å². The number of nitrogens with zero attached hydrogens (tertiary/aromatic N) is 1. The van der Waals surface area contributed by atoms with Crippen LogP contribution >= 0.6 is 0 Å². The second-order valence-electron chi connectivity index (χ2n) is 14.7. The number of rotatable bonds is 32. The van der Waals surface area contributed by atoms with Gasteiger partial charge in [0.15, 0.2) is 0 Å². The summed E-state index contributed by atoms with van der Waals surface area (Å²) in [6, 6.07) is 0. The van der Waals surface area contributed by atoms with E-state index in [1.165, 1.54) is 128 Å². The van der Waals surface area contributed by atoms with Crippen molar-refractivity contribution in [2.75, 3.05) is 6.61 Å². The fraction of sp³-hybridized carbons (Fsp3) is 0.854. The van der Waals surface area contributed by atoms with Gasteiger partial charge < -0.3 is 14.2 Å². The predicted octanol–water partition coefficient (Wildman–Crippen LogP) is 10.4. The average Bonchev–Trinajstić information content (AvgIpc) is 3.51. The van der Waals surface area contributed by atoms with Gasteiger partial charge in [-0.15, -0.1) is 0 Å². The molecule has 2 heterocycles. The first kappa shape index (κ1) is 44.7. The highest BCUT2D eigenvalue weighted by atomic mass is 19.1. The van der Waals surface area contributed by atoms with Gasteiger partial charge in [0, 0.05) is 19.3 Å². The number of ether oxygens (including phenoxy) is 3. The Hall–Kier alpha value is -2.49. The Morgan fingerprint density at radius 3 is 1.55 bits per heavy atom. The van der Waals surface area contributed by atoms with Gasteiger partial charge in [-0.3, -0.25) is 23.9 Å². The summed E-state index contributed by atoms with van der Waals surface area (Å²) in [5.74, 6) is -1.85. The van der Waals surface area contributed by atoms with Crippen molar-refractivity contribution in [3.63, 3.8) is 0 Å². The van der Waals surface area contributed by atoms with E-state index in [0.29, 0.717) is 6.42 Å². The highest BCUT2D eigenvalue weighted by molar-refractivity contribution is 5.70. The number of unbranched alkanes of at least 4 members (excludes halogenated alkanes) is 24. The summed E-state index contributed by atoms with van der Waals surface area (Å²) in [6.45, 7) is 4.34. The lowest BCUT2D eigenvalue weighted by Crippen LogP contribution is -2.34. The van der Waals surface area contributed by atoms with E-state index in [9.17, 15) is 23.6 Å². The first-order valence-electron chi connectivity index (χ1n) is 20.9. The molecule has 10 heteroatoms. The molecule has 1 saturated heterocycles. The van der Waals surface area contributed by atoms with Crippen molar-refractivity contribution >= 4 is 11.9 Å². The topological polar surface area (TPSA) is 117 Å². The van der Waals surface area contributed by atoms with Crippen molar-refractivity contribution in [3.8, 4) is 0 Å². The van der Waals surface area contributed by atoms with Crippen molar-refractivity contribution in [2.45, 2.75) is 218 Å². The molecule has 0 amide bonds. The van der Waals surface area contributed by atoms with E-state index >= 15 is 0 Å². The van der Waals surface area contributed by atoms with Crippen LogP contribution in [0.25, 0.3) is 0 Å². The highest BCUT2D eigenvalue weighted by Gasteiger charge is 2.40. The van der Waals surface area contributed by atoms with Crippen molar-refractivity contribution in [1.82, 2.24) is 9.55 Å². The molecule has 9 nitrogen and oxygen atoms in total. The first-order valence-corrected chi connectivity index (χ1v) is 20.9. The Morgan fingerprint density at radius 1 is 0.686 bits per heavy atom. The SMILES string of the molecule is CCCCCCCCCCCCCCCC(=O)OC[C@H]1O[C@@H](n2cc(F)c(=O)[nH]c2=O)C[C@@H]1OC(=O)CCCCCCCCCCCCCCC. The molecule has 51 heavy (non-hydrogen) atoms. The Morgan fingerprint density at radius 2 is 1.10 bits per heavy atom. The lowest BCUT2D eigenvalue weighted by Gasteiger charge is -2.19. The summed E-state index contributed by atoms with van der Waals surface area (Å²) in [5.41, 5.74) is -1.95. The molecule has 0 saturated carbocycles. The van der Waals surface area contributed by atoms with E-state index in [0.717, 1.165) is 49.3 Å². The molecule has 1 aromatic heterocycles. The Balaban J connectivity index is 1.68. The molecule has 1 fully saturated rings. The molecular weight excluding hydrogens is 651 g/mol. The largest absolute Gasteiger partial charge is 0.463 e. The minimum absolute atomic E-state index is 0.0663. The number of aromatic amines is 1.